The smallest absolute Gasteiger partial charge is 0.323 e. The molecule has 0 aromatic heterocycles. The van der Waals surface area contributed by atoms with Gasteiger partial charge in [0.05, 0.1) is 6.61 Å². The Morgan fingerprint density at radius 1 is 1.47 bits per heavy atom. The molecule has 1 fully saturated rings. The summed E-state index contributed by atoms with van der Waals surface area (Å²) in [6, 6.07) is -0.0420. The summed E-state index contributed by atoms with van der Waals surface area (Å²) in [5.74, 6) is -0.0681. The zero-order valence-electron chi connectivity index (χ0n) is 10.1. The molecule has 0 radical (unpaired) electrons. The molecule has 1 aliphatic heterocycles. The lowest BCUT2D eigenvalue weighted by molar-refractivity contribution is -0.146. The fraction of sp³-hybridized carbons (Fsp3) is 0.917. The number of carbonyl (C=O) groups is 1. The summed E-state index contributed by atoms with van der Waals surface area (Å²) in [5.41, 5.74) is 0.331. The summed E-state index contributed by atoms with van der Waals surface area (Å²) in [6.45, 7) is 8.12. The van der Waals surface area contributed by atoms with E-state index in [2.05, 4.69) is 26.1 Å². The van der Waals surface area contributed by atoms with Crippen LogP contribution in [0.3, 0.4) is 0 Å². The first-order valence-corrected chi connectivity index (χ1v) is 5.89. The molecule has 1 saturated heterocycles. The topological polar surface area (TPSA) is 38.3 Å². The first-order valence-electron chi connectivity index (χ1n) is 5.89. The lowest BCUT2D eigenvalue weighted by Crippen LogP contribution is -2.32. The first kappa shape index (κ1) is 12.5. The van der Waals surface area contributed by atoms with Gasteiger partial charge in [-0.05, 0) is 37.6 Å². The lowest BCUT2D eigenvalue weighted by atomic mass is 9.91. The molecule has 3 heteroatoms. The zero-order chi connectivity index (χ0) is 11.3. The van der Waals surface area contributed by atoms with Crippen LogP contribution in [0.2, 0.25) is 0 Å². The van der Waals surface area contributed by atoms with E-state index in [0.29, 0.717) is 12.0 Å². The third kappa shape index (κ3) is 5.17. The molecule has 1 atom stereocenters. The second-order valence-corrected chi connectivity index (χ2v) is 5.48. The Morgan fingerprint density at radius 3 is 2.73 bits per heavy atom. The maximum absolute atomic E-state index is 11.5. The molecule has 0 aromatic carbocycles. The van der Waals surface area contributed by atoms with Crippen molar-refractivity contribution in [2.24, 2.45) is 5.41 Å². The van der Waals surface area contributed by atoms with Crippen molar-refractivity contribution in [3.8, 4) is 0 Å². The van der Waals surface area contributed by atoms with Crippen LogP contribution in [0.4, 0.5) is 0 Å². The van der Waals surface area contributed by atoms with Gasteiger partial charge >= 0.3 is 5.97 Å². The molecule has 1 aliphatic rings. The number of nitrogens with one attached hydrogen (secondary N) is 1. The third-order valence-corrected chi connectivity index (χ3v) is 2.66. The van der Waals surface area contributed by atoms with Crippen LogP contribution in [0.5, 0.6) is 0 Å². The van der Waals surface area contributed by atoms with Crippen molar-refractivity contribution in [3.05, 3.63) is 0 Å². The van der Waals surface area contributed by atoms with Crippen molar-refractivity contribution >= 4 is 5.97 Å². The van der Waals surface area contributed by atoms with Gasteiger partial charge in [0.15, 0.2) is 0 Å². The first-order chi connectivity index (χ1) is 6.99. The average Bonchev–Trinajstić information content (AvgIpc) is 2.63. The summed E-state index contributed by atoms with van der Waals surface area (Å²) in [4.78, 5) is 11.5. The largest absolute Gasteiger partial charge is 0.465 e. The number of carbonyl (C=O) groups excluding carboxylic acids is 1. The Labute approximate surface area is 92.6 Å². The van der Waals surface area contributed by atoms with Crippen LogP contribution in [-0.2, 0) is 9.53 Å². The highest BCUT2D eigenvalue weighted by atomic mass is 16.5. The molecule has 88 valence electrons. The molecule has 0 aliphatic carbocycles. The maximum Gasteiger partial charge on any atom is 0.323 e. The van der Waals surface area contributed by atoms with Gasteiger partial charge in [-0.2, -0.15) is 0 Å². The summed E-state index contributed by atoms with van der Waals surface area (Å²) in [6.07, 6.45) is 4.07. The average molecular weight is 213 g/mol. The van der Waals surface area contributed by atoms with Gasteiger partial charge in [0, 0.05) is 0 Å². The molecule has 0 unspecified atom stereocenters. The molecule has 0 amide bonds. The van der Waals surface area contributed by atoms with Crippen LogP contribution < -0.4 is 5.32 Å². The van der Waals surface area contributed by atoms with E-state index in [-0.39, 0.29) is 12.0 Å². The third-order valence-electron chi connectivity index (χ3n) is 2.66. The molecule has 0 saturated carbocycles. The standard InChI is InChI=1S/C12H23NO2/c1-12(2,3)7-5-9-15-11(14)10-6-4-8-13-10/h10,13H,4-9H2,1-3H3/t10-/m0/s1. The van der Waals surface area contributed by atoms with Crippen LogP contribution in [0.15, 0.2) is 0 Å². The Hall–Kier alpha value is -0.570. The summed E-state index contributed by atoms with van der Waals surface area (Å²) >= 11 is 0. The number of esters is 1. The highest BCUT2D eigenvalue weighted by Crippen LogP contribution is 2.20. The minimum Gasteiger partial charge on any atom is -0.465 e. The lowest BCUT2D eigenvalue weighted by Gasteiger charge is -2.18. The van der Waals surface area contributed by atoms with Gasteiger partial charge < -0.3 is 10.1 Å². The van der Waals surface area contributed by atoms with E-state index in [1.54, 1.807) is 0 Å². The normalized spacial score (nSPS) is 21.7. The van der Waals surface area contributed by atoms with Crippen LogP contribution in [-0.4, -0.2) is 25.2 Å². The van der Waals surface area contributed by atoms with Crippen molar-refractivity contribution in [1.29, 1.82) is 0 Å². The van der Waals surface area contributed by atoms with Gasteiger partial charge in [-0.1, -0.05) is 20.8 Å². The van der Waals surface area contributed by atoms with E-state index < -0.39 is 0 Å². The molecule has 3 nitrogen and oxygen atoms in total. The molecular weight excluding hydrogens is 190 g/mol. The van der Waals surface area contributed by atoms with Crippen molar-refractivity contribution in [2.45, 2.75) is 52.5 Å². The van der Waals surface area contributed by atoms with Crippen molar-refractivity contribution in [2.75, 3.05) is 13.2 Å². The van der Waals surface area contributed by atoms with E-state index in [0.717, 1.165) is 32.2 Å². The molecule has 0 aromatic rings. The Morgan fingerprint density at radius 2 is 2.20 bits per heavy atom. The van der Waals surface area contributed by atoms with Gasteiger partial charge in [-0.15, -0.1) is 0 Å². The van der Waals surface area contributed by atoms with E-state index in [1.165, 1.54) is 0 Å². The van der Waals surface area contributed by atoms with Gasteiger partial charge in [-0.25, -0.2) is 0 Å². The van der Waals surface area contributed by atoms with Crippen LogP contribution in [0, 0.1) is 5.41 Å². The molecule has 1 heterocycles. The summed E-state index contributed by atoms with van der Waals surface area (Å²) in [5, 5.41) is 3.14. The summed E-state index contributed by atoms with van der Waals surface area (Å²) < 4.78 is 5.22. The number of hydrogen-bond donors (Lipinski definition) is 1. The predicted molar refractivity (Wildman–Crippen MR) is 60.7 cm³/mol. The molecule has 15 heavy (non-hydrogen) atoms. The van der Waals surface area contributed by atoms with Crippen molar-refractivity contribution in [1.82, 2.24) is 5.32 Å². The number of ether oxygens (including phenoxy) is 1. The Bertz CT molecular complexity index is 202. The summed E-state index contributed by atoms with van der Waals surface area (Å²) in [7, 11) is 0. The Kier molecular flexibility index (Phi) is 4.58. The minimum absolute atomic E-state index is 0.0420. The second-order valence-electron chi connectivity index (χ2n) is 5.48. The molecule has 1 rings (SSSR count). The number of rotatable bonds is 4. The highest BCUT2D eigenvalue weighted by Gasteiger charge is 2.23. The predicted octanol–water partition coefficient (Wildman–Crippen LogP) is 2.11. The second kappa shape index (κ2) is 5.50. The van der Waals surface area contributed by atoms with E-state index in [1.807, 2.05) is 0 Å². The van der Waals surface area contributed by atoms with Crippen LogP contribution in [0.25, 0.3) is 0 Å². The van der Waals surface area contributed by atoms with Gasteiger partial charge in [0.1, 0.15) is 6.04 Å². The fourth-order valence-electron chi connectivity index (χ4n) is 1.76. The van der Waals surface area contributed by atoms with E-state index in [4.69, 9.17) is 4.74 Å². The van der Waals surface area contributed by atoms with Gasteiger partial charge in [-0.3, -0.25) is 4.79 Å². The van der Waals surface area contributed by atoms with Crippen LogP contribution >= 0.6 is 0 Å². The SMILES string of the molecule is CC(C)(C)CCCOC(=O)[C@@H]1CCCN1. The zero-order valence-corrected chi connectivity index (χ0v) is 10.1. The minimum atomic E-state index is -0.0681. The Balaban J connectivity index is 2.07. The van der Waals surface area contributed by atoms with Gasteiger partial charge in [0.25, 0.3) is 0 Å². The molecule has 0 bridgehead atoms. The highest BCUT2D eigenvalue weighted by molar-refractivity contribution is 5.76. The maximum atomic E-state index is 11.5. The molecular formula is C12H23NO2. The monoisotopic (exact) mass is 213 g/mol. The van der Waals surface area contributed by atoms with E-state index >= 15 is 0 Å². The quantitative estimate of drug-likeness (QED) is 0.574. The van der Waals surface area contributed by atoms with Crippen LogP contribution in [0.1, 0.15) is 46.5 Å². The molecule has 1 N–H and O–H groups in total. The van der Waals surface area contributed by atoms with Crippen molar-refractivity contribution < 1.29 is 9.53 Å². The van der Waals surface area contributed by atoms with Crippen molar-refractivity contribution in [3.63, 3.8) is 0 Å². The molecule has 0 spiro atoms. The van der Waals surface area contributed by atoms with Gasteiger partial charge in [0.2, 0.25) is 0 Å². The number of hydrogen-bond acceptors (Lipinski definition) is 3. The van der Waals surface area contributed by atoms with E-state index in [9.17, 15) is 4.79 Å². The fourth-order valence-corrected chi connectivity index (χ4v) is 1.76.